The fourth-order valence-corrected chi connectivity index (χ4v) is 3.20. The van der Waals surface area contributed by atoms with Gasteiger partial charge in [0.05, 0.1) is 29.0 Å². The minimum atomic E-state index is -0.0871. The van der Waals surface area contributed by atoms with E-state index in [4.69, 9.17) is 0 Å². The quantitative estimate of drug-likeness (QED) is 0.739. The van der Waals surface area contributed by atoms with Crippen LogP contribution in [0.25, 0.3) is 0 Å². The predicted molar refractivity (Wildman–Crippen MR) is 102 cm³/mol. The molecule has 128 valence electrons. The van der Waals surface area contributed by atoms with Gasteiger partial charge in [0.15, 0.2) is 0 Å². The maximum absolute atomic E-state index is 12.2. The van der Waals surface area contributed by atoms with Gasteiger partial charge in [-0.3, -0.25) is 4.79 Å². The average Bonchev–Trinajstić information content (AvgIpc) is 3.03. The molecular weight excluding hydrogens is 332 g/mol. The Hall–Kier alpha value is -2.73. The second kappa shape index (κ2) is 7.90. The molecule has 0 bridgehead atoms. The third-order valence-corrected chi connectivity index (χ3v) is 4.53. The van der Waals surface area contributed by atoms with E-state index in [1.807, 2.05) is 54.7 Å². The highest BCUT2D eigenvalue weighted by molar-refractivity contribution is 7.09. The number of hydrogen-bond acceptors (Lipinski definition) is 5. The number of nitrogens with zero attached hydrogens (tertiary/aromatic N) is 3. The summed E-state index contributed by atoms with van der Waals surface area (Å²) in [5.41, 5.74) is 2.71. The van der Waals surface area contributed by atoms with Crippen molar-refractivity contribution in [2.75, 3.05) is 24.3 Å². The van der Waals surface area contributed by atoms with Crippen LogP contribution in [0.1, 0.15) is 16.3 Å². The third kappa shape index (κ3) is 4.87. The number of nitrogens with one attached hydrogen (secondary N) is 1. The summed E-state index contributed by atoms with van der Waals surface area (Å²) in [7, 11) is 3.85. The van der Waals surface area contributed by atoms with Crippen molar-refractivity contribution >= 4 is 28.7 Å². The smallest absolute Gasteiger partial charge is 0.230 e. The molecule has 1 amide bonds. The molecule has 25 heavy (non-hydrogen) atoms. The number of pyridine rings is 1. The molecule has 3 aromatic rings. The molecule has 0 spiro atoms. The Morgan fingerprint density at radius 3 is 2.64 bits per heavy atom. The number of benzene rings is 1. The molecule has 2 aromatic heterocycles. The molecule has 2 heterocycles. The van der Waals surface area contributed by atoms with Crippen molar-refractivity contribution in [3.63, 3.8) is 0 Å². The van der Waals surface area contributed by atoms with Crippen LogP contribution in [0.4, 0.5) is 11.5 Å². The van der Waals surface area contributed by atoms with E-state index in [0.717, 1.165) is 22.9 Å². The number of amides is 1. The monoisotopic (exact) mass is 352 g/mol. The molecule has 0 unspecified atom stereocenters. The summed E-state index contributed by atoms with van der Waals surface area (Å²) in [6, 6.07) is 13.9. The summed E-state index contributed by atoms with van der Waals surface area (Å²) in [6.45, 7) is 0. The van der Waals surface area contributed by atoms with Crippen LogP contribution in [0.5, 0.6) is 0 Å². The highest BCUT2D eigenvalue weighted by atomic mass is 32.1. The second-order valence-electron chi connectivity index (χ2n) is 5.92. The molecule has 6 heteroatoms. The first-order valence-corrected chi connectivity index (χ1v) is 8.88. The van der Waals surface area contributed by atoms with E-state index >= 15 is 0 Å². The molecule has 1 N–H and O–H groups in total. The molecule has 0 radical (unpaired) electrons. The molecule has 1 aromatic carbocycles. The lowest BCUT2D eigenvalue weighted by Crippen LogP contribution is -2.15. The largest absolute Gasteiger partial charge is 0.363 e. The van der Waals surface area contributed by atoms with E-state index in [-0.39, 0.29) is 12.3 Å². The standard InChI is InChI=1S/C19H20N4OS/c1-23(2)17-9-8-15(12-20-17)21-18(24)11-16-13-25-19(22-16)10-14-6-4-3-5-7-14/h3-9,12-13H,10-11H2,1-2H3,(H,21,24). The van der Waals surface area contributed by atoms with Crippen LogP contribution in [-0.4, -0.2) is 30.0 Å². The van der Waals surface area contributed by atoms with E-state index in [2.05, 4.69) is 27.4 Å². The van der Waals surface area contributed by atoms with Crippen molar-refractivity contribution in [1.29, 1.82) is 0 Å². The van der Waals surface area contributed by atoms with Crippen molar-refractivity contribution in [2.45, 2.75) is 12.8 Å². The van der Waals surface area contributed by atoms with Crippen LogP contribution in [0, 0.1) is 0 Å². The Kier molecular flexibility index (Phi) is 5.40. The lowest BCUT2D eigenvalue weighted by molar-refractivity contribution is -0.115. The highest BCUT2D eigenvalue weighted by Crippen LogP contribution is 2.16. The van der Waals surface area contributed by atoms with Crippen LogP contribution in [0.15, 0.2) is 54.0 Å². The predicted octanol–water partition coefficient (Wildman–Crippen LogP) is 3.38. The normalized spacial score (nSPS) is 10.5. The second-order valence-corrected chi connectivity index (χ2v) is 6.86. The Balaban J connectivity index is 1.56. The summed E-state index contributed by atoms with van der Waals surface area (Å²) in [5.74, 6) is 0.763. The van der Waals surface area contributed by atoms with E-state index in [0.29, 0.717) is 5.69 Å². The molecule has 0 aliphatic rings. The summed E-state index contributed by atoms with van der Waals surface area (Å²) in [6.07, 6.45) is 2.72. The van der Waals surface area contributed by atoms with Crippen molar-refractivity contribution in [2.24, 2.45) is 0 Å². The van der Waals surface area contributed by atoms with Crippen LogP contribution >= 0.6 is 11.3 Å². The molecule has 0 atom stereocenters. The van der Waals surface area contributed by atoms with Gasteiger partial charge in [0, 0.05) is 25.9 Å². The molecular formula is C19H20N4OS. The fraction of sp³-hybridized carbons (Fsp3) is 0.211. The van der Waals surface area contributed by atoms with Gasteiger partial charge in [0.25, 0.3) is 0 Å². The lowest BCUT2D eigenvalue weighted by atomic mass is 10.2. The van der Waals surface area contributed by atoms with Gasteiger partial charge >= 0.3 is 0 Å². The molecule has 3 rings (SSSR count). The van der Waals surface area contributed by atoms with Gasteiger partial charge in [0.2, 0.25) is 5.91 Å². The first-order valence-electron chi connectivity index (χ1n) is 8.00. The Bertz CT molecular complexity index is 828. The lowest BCUT2D eigenvalue weighted by Gasteiger charge is -2.11. The van der Waals surface area contributed by atoms with Crippen LogP contribution in [-0.2, 0) is 17.6 Å². The van der Waals surface area contributed by atoms with E-state index in [1.54, 1.807) is 17.5 Å². The number of rotatable bonds is 6. The molecule has 0 fully saturated rings. The van der Waals surface area contributed by atoms with Gasteiger partial charge in [-0.05, 0) is 17.7 Å². The molecule has 0 saturated heterocycles. The van der Waals surface area contributed by atoms with Crippen molar-refractivity contribution < 1.29 is 4.79 Å². The van der Waals surface area contributed by atoms with Gasteiger partial charge in [-0.1, -0.05) is 30.3 Å². The first kappa shape index (κ1) is 17.1. The van der Waals surface area contributed by atoms with Crippen LogP contribution in [0.2, 0.25) is 0 Å². The first-order chi connectivity index (χ1) is 12.1. The van der Waals surface area contributed by atoms with E-state index < -0.39 is 0 Å². The summed E-state index contributed by atoms with van der Waals surface area (Å²) >= 11 is 1.59. The van der Waals surface area contributed by atoms with Gasteiger partial charge in [-0.15, -0.1) is 11.3 Å². The number of aromatic nitrogens is 2. The number of hydrogen-bond donors (Lipinski definition) is 1. The van der Waals surface area contributed by atoms with E-state index in [9.17, 15) is 4.79 Å². The van der Waals surface area contributed by atoms with Gasteiger partial charge in [-0.2, -0.15) is 0 Å². The maximum Gasteiger partial charge on any atom is 0.230 e. The zero-order valence-electron chi connectivity index (χ0n) is 14.3. The van der Waals surface area contributed by atoms with Crippen molar-refractivity contribution in [1.82, 2.24) is 9.97 Å². The SMILES string of the molecule is CN(C)c1ccc(NC(=O)Cc2csc(Cc3ccccc3)n2)cn1. The molecule has 5 nitrogen and oxygen atoms in total. The minimum absolute atomic E-state index is 0.0871. The number of carbonyl (C=O) groups is 1. The maximum atomic E-state index is 12.2. The minimum Gasteiger partial charge on any atom is -0.363 e. The summed E-state index contributed by atoms with van der Waals surface area (Å²) < 4.78 is 0. The van der Waals surface area contributed by atoms with Crippen molar-refractivity contribution in [3.05, 3.63) is 70.3 Å². The van der Waals surface area contributed by atoms with Gasteiger partial charge < -0.3 is 10.2 Å². The Morgan fingerprint density at radius 2 is 1.96 bits per heavy atom. The molecule has 0 saturated carbocycles. The number of anilines is 2. The van der Waals surface area contributed by atoms with Gasteiger partial charge in [-0.25, -0.2) is 9.97 Å². The number of thiazole rings is 1. The molecule has 0 aliphatic heterocycles. The summed E-state index contributed by atoms with van der Waals surface area (Å²) in [4.78, 5) is 22.9. The Morgan fingerprint density at radius 1 is 1.16 bits per heavy atom. The zero-order chi connectivity index (χ0) is 17.6. The Labute approximate surface area is 151 Å². The molecule has 0 aliphatic carbocycles. The fourth-order valence-electron chi connectivity index (χ4n) is 2.38. The third-order valence-electron chi connectivity index (χ3n) is 3.63. The van der Waals surface area contributed by atoms with Gasteiger partial charge in [0.1, 0.15) is 5.82 Å². The summed E-state index contributed by atoms with van der Waals surface area (Å²) in [5, 5.41) is 5.83. The average molecular weight is 352 g/mol. The zero-order valence-corrected chi connectivity index (χ0v) is 15.1. The van der Waals surface area contributed by atoms with Crippen molar-refractivity contribution in [3.8, 4) is 0 Å². The van der Waals surface area contributed by atoms with Crippen LogP contribution in [0.3, 0.4) is 0 Å². The van der Waals surface area contributed by atoms with E-state index in [1.165, 1.54) is 5.56 Å². The topological polar surface area (TPSA) is 58.1 Å². The number of carbonyl (C=O) groups excluding carboxylic acids is 1. The highest BCUT2D eigenvalue weighted by Gasteiger charge is 2.09. The van der Waals surface area contributed by atoms with Crippen LogP contribution < -0.4 is 10.2 Å².